The highest BCUT2D eigenvalue weighted by Gasteiger charge is 2.07. The lowest BCUT2D eigenvalue weighted by molar-refractivity contribution is 0.447. The number of para-hydroxylation sites is 1. The zero-order chi connectivity index (χ0) is 16.9. The van der Waals surface area contributed by atoms with Gasteiger partial charge in [-0.3, -0.25) is 4.31 Å². The number of hydrogen-bond donors (Lipinski definition) is 2. The quantitative estimate of drug-likeness (QED) is 0.476. The highest BCUT2D eigenvalue weighted by atomic mass is 35.5. The molecule has 1 aliphatic carbocycles. The van der Waals surface area contributed by atoms with E-state index in [4.69, 9.17) is 21.6 Å². The van der Waals surface area contributed by atoms with Crippen LogP contribution in [0.5, 0.6) is 0 Å². The Morgan fingerprint density at radius 1 is 1.33 bits per heavy atom. The average Bonchev–Trinajstić information content (AvgIpc) is 2.79. The molecule has 3 rings (SSSR count). The highest BCUT2D eigenvalue weighted by molar-refractivity contribution is 7.92. The van der Waals surface area contributed by atoms with Gasteiger partial charge in [0, 0.05) is 18.4 Å². The van der Waals surface area contributed by atoms with E-state index in [0.29, 0.717) is 21.9 Å². The molecular formula is C16H16ClN5OS. The lowest BCUT2D eigenvalue weighted by Crippen LogP contribution is -2.10. The maximum Gasteiger partial charge on any atom is 0.170 e. The summed E-state index contributed by atoms with van der Waals surface area (Å²) in [6, 6.07) is 5.46. The third kappa shape index (κ3) is 4.00. The second-order valence-electron chi connectivity index (χ2n) is 5.02. The van der Waals surface area contributed by atoms with Crippen LogP contribution in [0.2, 0.25) is 5.02 Å². The van der Waals surface area contributed by atoms with Gasteiger partial charge in [-0.1, -0.05) is 29.8 Å². The topological polar surface area (TPSA) is 76.3 Å². The largest absolute Gasteiger partial charge is 0.399 e. The Bertz CT molecular complexity index is 836. The molecule has 0 amide bonds. The number of nitrogens with one attached hydrogen (secondary N) is 1. The van der Waals surface area contributed by atoms with E-state index in [1.165, 1.54) is 0 Å². The van der Waals surface area contributed by atoms with Crippen LogP contribution in [-0.4, -0.2) is 21.3 Å². The summed E-state index contributed by atoms with van der Waals surface area (Å²) in [5, 5.41) is 0.571. The first-order valence-electron chi connectivity index (χ1n) is 7.22. The van der Waals surface area contributed by atoms with Gasteiger partial charge in [0.15, 0.2) is 5.82 Å². The van der Waals surface area contributed by atoms with E-state index in [2.05, 4.69) is 21.5 Å². The molecule has 0 radical (unpaired) electrons. The molecular weight excluding hydrogens is 346 g/mol. The van der Waals surface area contributed by atoms with Gasteiger partial charge in [0.25, 0.3) is 0 Å². The maximum absolute atomic E-state index is 6.07. The number of halogens is 1. The van der Waals surface area contributed by atoms with Crippen LogP contribution in [0, 0.1) is 0 Å². The minimum absolute atomic E-state index is 0.502. The first kappa shape index (κ1) is 16.6. The van der Waals surface area contributed by atoms with Crippen molar-refractivity contribution in [2.24, 2.45) is 5.73 Å². The number of allylic oxidation sites excluding steroid dienone is 4. The van der Waals surface area contributed by atoms with Gasteiger partial charge in [-0.2, -0.15) is 4.28 Å². The van der Waals surface area contributed by atoms with Crippen LogP contribution in [0.25, 0.3) is 11.0 Å². The van der Waals surface area contributed by atoms with E-state index in [9.17, 15) is 0 Å². The molecule has 2 aromatic rings. The van der Waals surface area contributed by atoms with E-state index in [1.807, 2.05) is 41.7 Å². The Hall–Kier alpha value is -2.22. The average molecular weight is 362 g/mol. The highest BCUT2D eigenvalue weighted by Crippen LogP contribution is 2.22. The van der Waals surface area contributed by atoms with Gasteiger partial charge in [-0.25, -0.2) is 15.4 Å². The van der Waals surface area contributed by atoms with Crippen molar-refractivity contribution >= 4 is 40.7 Å². The Balaban J connectivity index is 1.58. The number of benzene rings is 1. The summed E-state index contributed by atoms with van der Waals surface area (Å²) < 4.78 is 7.29. The molecule has 0 fully saturated rings. The molecule has 0 saturated heterocycles. The summed E-state index contributed by atoms with van der Waals surface area (Å²) in [6.45, 7) is 0. The molecule has 6 nitrogen and oxygen atoms in total. The van der Waals surface area contributed by atoms with Crippen molar-refractivity contribution < 1.29 is 4.28 Å². The Labute approximate surface area is 149 Å². The van der Waals surface area contributed by atoms with Crippen LogP contribution < -0.4 is 11.2 Å². The van der Waals surface area contributed by atoms with E-state index in [0.717, 1.165) is 30.0 Å². The van der Waals surface area contributed by atoms with Crippen molar-refractivity contribution in [3.63, 3.8) is 0 Å². The molecule has 0 aliphatic heterocycles. The maximum atomic E-state index is 6.07. The molecule has 0 atom stereocenters. The normalized spacial score (nSPS) is 14.1. The smallest absolute Gasteiger partial charge is 0.170 e. The fourth-order valence-corrected chi connectivity index (χ4v) is 2.76. The molecule has 0 bridgehead atoms. The number of fused-ring (bicyclic) bond motifs is 1. The third-order valence-corrected chi connectivity index (χ3v) is 4.21. The predicted octanol–water partition coefficient (Wildman–Crippen LogP) is 3.81. The molecule has 8 heteroatoms. The second-order valence-corrected chi connectivity index (χ2v) is 6.29. The minimum atomic E-state index is 0.502. The molecule has 0 saturated carbocycles. The molecule has 124 valence electrons. The van der Waals surface area contributed by atoms with Gasteiger partial charge < -0.3 is 5.73 Å². The van der Waals surface area contributed by atoms with Gasteiger partial charge in [-0.15, -0.1) is 0 Å². The van der Waals surface area contributed by atoms with Crippen molar-refractivity contribution in [1.82, 2.24) is 14.3 Å². The first-order chi connectivity index (χ1) is 11.6. The molecule has 0 unspecified atom stereocenters. The third-order valence-electron chi connectivity index (χ3n) is 3.31. The molecule has 1 aliphatic rings. The molecule has 24 heavy (non-hydrogen) atoms. The molecule has 1 aromatic heterocycles. The van der Waals surface area contributed by atoms with Crippen molar-refractivity contribution in [3.05, 3.63) is 65.1 Å². The number of nitrogens with two attached hydrogens (primary N) is 1. The van der Waals surface area contributed by atoms with Gasteiger partial charge in [0.2, 0.25) is 0 Å². The van der Waals surface area contributed by atoms with Crippen LogP contribution in [0.15, 0.2) is 60.1 Å². The monoisotopic (exact) mass is 361 g/mol. The Morgan fingerprint density at radius 2 is 2.21 bits per heavy atom. The summed E-state index contributed by atoms with van der Waals surface area (Å²) in [4.78, 5) is 8.69. The summed E-state index contributed by atoms with van der Waals surface area (Å²) in [5.74, 6) is 0.502. The van der Waals surface area contributed by atoms with Crippen LogP contribution in [-0.2, 0) is 4.28 Å². The summed E-state index contributed by atoms with van der Waals surface area (Å²) >= 11 is 7.22. The lowest BCUT2D eigenvalue weighted by atomic mass is 10.3. The van der Waals surface area contributed by atoms with Gasteiger partial charge in [0.05, 0.1) is 16.7 Å². The van der Waals surface area contributed by atoms with Crippen molar-refractivity contribution in [3.8, 4) is 0 Å². The predicted molar refractivity (Wildman–Crippen MR) is 98.7 cm³/mol. The van der Waals surface area contributed by atoms with E-state index < -0.39 is 0 Å². The SMILES string of the molecule is CN(SONc1cnc2c(Cl)cccc2n1)C1=CCC=C(N)C=C1. The number of rotatable bonds is 5. The zero-order valence-corrected chi connectivity index (χ0v) is 14.5. The number of aromatic nitrogens is 2. The molecule has 0 spiro atoms. The van der Waals surface area contributed by atoms with Crippen LogP contribution >= 0.6 is 23.8 Å². The summed E-state index contributed by atoms with van der Waals surface area (Å²) in [5.41, 5.74) is 11.7. The molecule has 1 heterocycles. The van der Waals surface area contributed by atoms with Crippen LogP contribution in [0.1, 0.15) is 6.42 Å². The van der Waals surface area contributed by atoms with Crippen molar-refractivity contribution in [1.29, 1.82) is 0 Å². The van der Waals surface area contributed by atoms with Crippen molar-refractivity contribution in [2.45, 2.75) is 6.42 Å². The van der Waals surface area contributed by atoms with E-state index in [1.54, 1.807) is 12.3 Å². The fraction of sp³-hybridized carbons (Fsp3) is 0.125. The minimum Gasteiger partial charge on any atom is -0.399 e. The van der Waals surface area contributed by atoms with E-state index in [-0.39, 0.29) is 0 Å². The van der Waals surface area contributed by atoms with Gasteiger partial charge in [0.1, 0.15) is 17.7 Å². The Kier molecular flexibility index (Phi) is 5.24. The first-order valence-corrected chi connectivity index (χ1v) is 8.29. The molecule has 1 aromatic carbocycles. The second kappa shape index (κ2) is 7.57. The lowest BCUT2D eigenvalue weighted by Gasteiger charge is -2.17. The molecule has 3 N–H and O–H groups in total. The standard InChI is InChI=1S/C16H16ClN5OS/c1-22(12-5-2-4-11(18)8-9-12)24-23-21-15-10-19-16-13(17)6-3-7-14(16)20-15/h3-10H,2,18H2,1H3,(H,20,21). The fourth-order valence-electron chi connectivity index (χ4n) is 2.08. The number of anilines is 1. The van der Waals surface area contributed by atoms with Gasteiger partial charge in [-0.05, 0) is 30.7 Å². The zero-order valence-electron chi connectivity index (χ0n) is 12.9. The number of likely N-dealkylation sites (N-methyl/N-ethyl adjacent to an activating group) is 1. The van der Waals surface area contributed by atoms with Crippen LogP contribution in [0.4, 0.5) is 5.82 Å². The van der Waals surface area contributed by atoms with Gasteiger partial charge >= 0.3 is 0 Å². The summed E-state index contributed by atoms with van der Waals surface area (Å²) in [6.07, 6.45) is 10.2. The van der Waals surface area contributed by atoms with Crippen LogP contribution in [0.3, 0.4) is 0 Å². The Morgan fingerprint density at radius 3 is 3.08 bits per heavy atom. The van der Waals surface area contributed by atoms with Crippen molar-refractivity contribution in [2.75, 3.05) is 12.5 Å². The number of hydrogen-bond acceptors (Lipinski definition) is 7. The van der Waals surface area contributed by atoms with E-state index >= 15 is 0 Å². The summed E-state index contributed by atoms with van der Waals surface area (Å²) in [7, 11) is 1.90. The number of nitrogens with zero attached hydrogens (tertiary/aromatic N) is 3.